The number of urea groups is 1. The lowest BCUT2D eigenvalue weighted by molar-refractivity contribution is -0.130. The van der Waals surface area contributed by atoms with Crippen molar-refractivity contribution in [2.75, 3.05) is 18.4 Å². The van der Waals surface area contributed by atoms with Crippen molar-refractivity contribution in [3.8, 4) is 10.6 Å². The number of anilines is 1. The van der Waals surface area contributed by atoms with Crippen LogP contribution in [-0.2, 0) is 4.79 Å². The van der Waals surface area contributed by atoms with Crippen LogP contribution < -0.4 is 10.6 Å². The average Bonchev–Trinajstić information content (AvgIpc) is 3.04. The van der Waals surface area contributed by atoms with Crippen LogP contribution in [-0.4, -0.2) is 45.4 Å². The molecule has 9 heteroatoms. The maximum Gasteiger partial charge on any atom is 0.325 e. The van der Waals surface area contributed by atoms with Gasteiger partial charge in [0.1, 0.15) is 5.54 Å². The van der Waals surface area contributed by atoms with Crippen LogP contribution in [0, 0.1) is 3.57 Å². The van der Waals surface area contributed by atoms with Crippen LogP contribution >= 0.6 is 33.9 Å². The smallest absolute Gasteiger partial charge is 0.325 e. The zero-order valence-corrected chi connectivity index (χ0v) is 16.1. The van der Waals surface area contributed by atoms with Crippen LogP contribution in [0.2, 0.25) is 0 Å². The second-order valence-electron chi connectivity index (χ2n) is 5.80. The molecule has 1 fully saturated rings. The molecule has 0 radical (unpaired) electrons. The Kier molecular flexibility index (Phi) is 4.72. The van der Waals surface area contributed by atoms with Gasteiger partial charge in [-0.15, -0.1) is 11.3 Å². The summed E-state index contributed by atoms with van der Waals surface area (Å²) in [6, 6.07) is 3.53. The first-order valence-electron chi connectivity index (χ1n) is 7.33. The van der Waals surface area contributed by atoms with Crippen molar-refractivity contribution < 1.29 is 9.59 Å². The molecule has 1 saturated heterocycles. The monoisotopic (exact) mass is 457 g/mol. The Hall–Kier alpha value is -1.75. The standard InChI is InChI=1S/C15H16IN5O2S/c1-15(2)12(22)21(14(23)20-15)7-6-18-13-17-5-3-10(19-13)11-9(16)4-8-24-11/h3-5,8H,6-7H2,1-2H3,(H,20,23)(H,17,18,19). The summed E-state index contributed by atoms with van der Waals surface area (Å²) in [7, 11) is 0. The lowest BCUT2D eigenvalue weighted by Gasteiger charge is -2.16. The van der Waals surface area contributed by atoms with Crippen molar-refractivity contribution in [2.24, 2.45) is 0 Å². The predicted molar refractivity (Wildman–Crippen MR) is 101 cm³/mol. The number of aromatic nitrogens is 2. The molecule has 3 heterocycles. The number of rotatable bonds is 5. The summed E-state index contributed by atoms with van der Waals surface area (Å²) in [6.07, 6.45) is 1.69. The third-order valence-electron chi connectivity index (χ3n) is 3.57. The van der Waals surface area contributed by atoms with Gasteiger partial charge in [0.2, 0.25) is 5.95 Å². The Balaban J connectivity index is 1.63. The fraction of sp³-hybridized carbons (Fsp3) is 0.333. The van der Waals surface area contributed by atoms with E-state index in [1.165, 1.54) is 4.90 Å². The first-order valence-corrected chi connectivity index (χ1v) is 9.29. The molecule has 0 aromatic carbocycles. The zero-order chi connectivity index (χ0) is 17.3. The van der Waals surface area contributed by atoms with Crippen molar-refractivity contribution in [3.63, 3.8) is 0 Å². The highest BCUT2D eigenvalue weighted by molar-refractivity contribution is 14.1. The van der Waals surface area contributed by atoms with E-state index in [1.54, 1.807) is 31.4 Å². The number of carbonyl (C=O) groups is 2. The van der Waals surface area contributed by atoms with E-state index in [0.29, 0.717) is 12.5 Å². The van der Waals surface area contributed by atoms with Crippen LogP contribution in [0.15, 0.2) is 23.7 Å². The van der Waals surface area contributed by atoms with E-state index in [1.807, 2.05) is 17.5 Å². The summed E-state index contributed by atoms with van der Waals surface area (Å²) in [4.78, 5) is 34.9. The Labute approximate surface area is 157 Å². The molecule has 1 aliphatic heterocycles. The maximum absolute atomic E-state index is 12.1. The molecule has 2 aromatic rings. The van der Waals surface area contributed by atoms with Gasteiger partial charge in [0.15, 0.2) is 0 Å². The van der Waals surface area contributed by atoms with Gasteiger partial charge in [0.05, 0.1) is 10.6 Å². The molecule has 126 valence electrons. The molecule has 1 aliphatic rings. The Morgan fingerprint density at radius 2 is 2.17 bits per heavy atom. The van der Waals surface area contributed by atoms with Gasteiger partial charge in [0.25, 0.3) is 5.91 Å². The van der Waals surface area contributed by atoms with Crippen molar-refractivity contribution in [2.45, 2.75) is 19.4 Å². The summed E-state index contributed by atoms with van der Waals surface area (Å²) in [5.74, 6) is 0.250. The third kappa shape index (κ3) is 3.36. The molecule has 0 aliphatic carbocycles. The van der Waals surface area contributed by atoms with Gasteiger partial charge in [-0.3, -0.25) is 9.69 Å². The molecule has 0 unspecified atom stereocenters. The summed E-state index contributed by atoms with van der Waals surface area (Å²) < 4.78 is 1.14. The highest BCUT2D eigenvalue weighted by Crippen LogP contribution is 2.29. The van der Waals surface area contributed by atoms with E-state index >= 15 is 0 Å². The lowest BCUT2D eigenvalue weighted by Crippen LogP contribution is -2.40. The molecule has 0 saturated carbocycles. The van der Waals surface area contributed by atoms with E-state index < -0.39 is 5.54 Å². The van der Waals surface area contributed by atoms with Gasteiger partial charge < -0.3 is 10.6 Å². The van der Waals surface area contributed by atoms with Crippen molar-refractivity contribution >= 4 is 51.8 Å². The second kappa shape index (κ2) is 6.63. The van der Waals surface area contributed by atoms with Crippen LogP contribution in [0.5, 0.6) is 0 Å². The van der Waals surface area contributed by atoms with E-state index in [0.717, 1.165) is 14.1 Å². The summed E-state index contributed by atoms with van der Waals surface area (Å²) in [5.41, 5.74) is 0.00613. The molecule has 24 heavy (non-hydrogen) atoms. The minimum atomic E-state index is -0.844. The van der Waals surface area contributed by atoms with Gasteiger partial charge in [-0.05, 0) is 54.0 Å². The van der Waals surface area contributed by atoms with Crippen molar-refractivity contribution in [1.82, 2.24) is 20.2 Å². The quantitative estimate of drug-likeness (QED) is 0.533. The number of hydrogen-bond acceptors (Lipinski definition) is 6. The number of nitrogens with zero attached hydrogens (tertiary/aromatic N) is 3. The second-order valence-corrected chi connectivity index (χ2v) is 7.88. The summed E-state index contributed by atoms with van der Waals surface area (Å²) in [5, 5.41) is 7.74. The van der Waals surface area contributed by atoms with Crippen molar-refractivity contribution in [3.05, 3.63) is 27.3 Å². The molecular weight excluding hydrogens is 441 g/mol. The Bertz CT molecular complexity index is 792. The van der Waals surface area contributed by atoms with Crippen LogP contribution in [0.3, 0.4) is 0 Å². The molecule has 3 amide bonds. The van der Waals surface area contributed by atoms with Gasteiger partial charge in [-0.2, -0.15) is 0 Å². The summed E-state index contributed by atoms with van der Waals surface area (Å²) in [6.45, 7) is 4.03. The number of halogens is 1. The number of amides is 3. The van der Waals surface area contributed by atoms with Crippen molar-refractivity contribution in [1.29, 1.82) is 0 Å². The first kappa shape index (κ1) is 17.1. The average molecular weight is 457 g/mol. The minimum absolute atomic E-state index is 0.225. The third-order valence-corrected chi connectivity index (χ3v) is 5.77. The number of hydrogen-bond donors (Lipinski definition) is 2. The Morgan fingerprint density at radius 1 is 1.38 bits per heavy atom. The van der Waals surface area contributed by atoms with Crippen LogP contribution in [0.25, 0.3) is 10.6 Å². The Morgan fingerprint density at radius 3 is 2.79 bits per heavy atom. The number of carbonyl (C=O) groups excluding carboxylic acids is 2. The fourth-order valence-corrected chi connectivity index (χ4v) is 4.18. The maximum atomic E-state index is 12.1. The molecular formula is C15H16IN5O2S. The first-order chi connectivity index (χ1) is 11.4. The number of imide groups is 1. The minimum Gasteiger partial charge on any atom is -0.352 e. The van der Waals surface area contributed by atoms with E-state index in [4.69, 9.17) is 0 Å². The molecule has 0 atom stereocenters. The van der Waals surface area contributed by atoms with Gasteiger partial charge >= 0.3 is 6.03 Å². The normalized spacial score (nSPS) is 16.4. The molecule has 2 aromatic heterocycles. The van der Waals surface area contributed by atoms with Gasteiger partial charge in [0, 0.05) is 22.9 Å². The van der Waals surface area contributed by atoms with E-state index in [2.05, 4.69) is 43.2 Å². The van der Waals surface area contributed by atoms with E-state index in [9.17, 15) is 9.59 Å². The van der Waals surface area contributed by atoms with Gasteiger partial charge in [-0.25, -0.2) is 14.8 Å². The SMILES string of the molecule is CC1(C)NC(=O)N(CCNc2nccc(-c3sccc3I)n2)C1=O. The summed E-state index contributed by atoms with van der Waals surface area (Å²) >= 11 is 3.90. The molecule has 3 rings (SSSR count). The van der Waals surface area contributed by atoms with Crippen LogP contribution in [0.4, 0.5) is 10.7 Å². The molecule has 2 N–H and O–H groups in total. The number of nitrogens with one attached hydrogen (secondary N) is 2. The largest absolute Gasteiger partial charge is 0.352 e. The molecule has 0 spiro atoms. The van der Waals surface area contributed by atoms with E-state index in [-0.39, 0.29) is 18.5 Å². The predicted octanol–water partition coefficient (Wildman–Crippen LogP) is 2.55. The topological polar surface area (TPSA) is 87.2 Å². The molecule has 7 nitrogen and oxygen atoms in total. The van der Waals surface area contributed by atoms with Crippen LogP contribution in [0.1, 0.15) is 13.8 Å². The highest BCUT2D eigenvalue weighted by atomic mass is 127. The van der Waals surface area contributed by atoms with Gasteiger partial charge in [-0.1, -0.05) is 0 Å². The highest BCUT2D eigenvalue weighted by Gasteiger charge is 2.43. The fourth-order valence-electron chi connectivity index (χ4n) is 2.35. The zero-order valence-electron chi connectivity index (χ0n) is 13.2. The number of thiophene rings is 1. The lowest BCUT2D eigenvalue weighted by atomic mass is 10.1. The molecule has 0 bridgehead atoms.